The molecule has 0 fully saturated rings. The third-order valence-electron chi connectivity index (χ3n) is 1.99. The predicted molar refractivity (Wildman–Crippen MR) is 47.8 cm³/mol. The van der Waals surface area contributed by atoms with Crippen LogP contribution in [-0.2, 0) is 6.42 Å². The van der Waals surface area contributed by atoms with Gasteiger partial charge in [-0.2, -0.15) is 0 Å². The Labute approximate surface area is 66.7 Å². The Morgan fingerprint density at radius 3 is 3.00 bits per heavy atom. The van der Waals surface area contributed by atoms with Crippen LogP contribution in [0.2, 0.25) is 0 Å². The van der Waals surface area contributed by atoms with E-state index in [4.69, 9.17) is 0 Å². The molecule has 0 aliphatic carbocycles. The van der Waals surface area contributed by atoms with Gasteiger partial charge in [-0.15, -0.1) is 0 Å². The molecule has 1 aromatic rings. The van der Waals surface area contributed by atoms with Gasteiger partial charge in [-0.05, 0) is 18.1 Å². The maximum Gasteiger partial charge on any atom is 0.0378 e. The molecule has 0 bridgehead atoms. The second-order valence-corrected chi connectivity index (χ2v) is 2.94. The fourth-order valence-electron chi connectivity index (χ4n) is 1.40. The molecule has 56 valence electrons. The molecule has 0 atom stereocenters. The Morgan fingerprint density at radius 2 is 2.09 bits per heavy atom. The van der Waals surface area contributed by atoms with Crippen molar-refractivity contribution in [2.24, 2.45) is 0 Å². The zero-order valence-electron chi connectivity index (χ0n) is 6.43. The molecule has 0 saturated heterocycles. The van der Waals surface area contributed by atoms with Crippen molar-refractivity contribution in [2.75, 3.05) is 11.9 Å². The third-order valence-corrected chi connectivity index (χ3v) is 1.99. The normalized spacial score (nSPS) is 15.5. The van der Waals surface area contributed by atoms with E-state index in [1.54, 1.807) is 0 Å². The van der Waals surface area contributed by atoms with Crippen molar-refractivity contribution in [3.8, 4) is 0 Å². The first-order valence-electron chi connectivity index (χ1n) is 3.85. The van der Waals surface area contributed by atoms with E-state index in [0.717, 1.165) is 13.0 Å². The summed E-state index contributed by atoms with van der Waals surface area (Å²) in [5.41, 5.74) is 3.90. The van der Waals surface area contributed by atoms with Gasteiger partial charge in [0.2, 0.25) is 0 Å². The van der Waals surface area contributed by atoms with Crippen molar-refractivity contribution >= 4 is 5.69 Å². The Balaban J connectivity index is 2.41. The molecule has 1 heterocycles. The predicted octanol–water partition coefficient (Wildman–Crippen LogP) is 2.21. The molecular weight excluding hydrogens is 134 g/mol. The topological polar surface area (TPSA) is 12.0 Å². The standard InChI is InChI=1S/C10H11N/c1-8-6-9-4-2-3-5-10(9)11-7-8/h2-5,11H,1,6-7H2. The van der Waals surface area contributed by atoms with Gasteiger partial charge in [0.15, 0.2) is 0 Å². The van der Waals surface area contributed by atoms with Gasteiger partial charge in [-0.1, -0.05) is 30.4 Å². The number of hydrogen-bond donors (Lipinski definition) is 1. The molecule has 0 radical (unpaired) electrons. The molecule has 0 saturated carbocycles. The monoisotopic (exact) mass is 145 g/mol. The van der Waals surface area contributed by atoms with Gasteiger partial charge < -0.3 is 5.32 Å². The summed E-state index contributed by atoms with van der Waals surface area (Å²) in [6.45, 7) is 4.88. The van der Waals surface area contributed by atoms with Gasteiger partial charge in [0.05, 0.1) is 0 Å². The lowest BCUT2D eigenvalue weighted by molar-refractivity contribution is 1.03. The summed E-state index contributed by atoms with van der Waals surface area (Å²) in [6, 6.07) is 8.38. The van der Waals surface area contributed by atoms with Crippen molar-refractivity contribution in [3.63, 3.8) is 0 Å². The fourth-order valence-corrected chi connectivity index (χ4v) is 1.40. The number of rotatable bonds is 0. The minimum atomic E-state index is 0.928. The SMILES string of the molecule is C=C1CNc2ccccc2C1. The van der Waals surface area contributed by atoms with Crippen LogP contribution in [0.1, 0.15) is 5.56 Å². The number of anilines is 1. The van der Waals surface area contributed by atoms with Gasteiger partial charge in [0, 0.05) is 12.2 Å². The Hall–Kier alpha value is -1.24. The van der Waals surface area contributed by atoms with Crippen LogP contribution in [0.3, 0.4) is 0 Å². The second-order valence-electron chi connectivity index (χ2n) is 2.94. The molecule has 1 nitrogen and oxygen atoms in total. The Kier molecular flexibility index (Phi) is 1.42. The van der Waals surface area contributed by atoms with Gasteiger partial charge in [-0.3, -0.25) is 0 Å². The van der Waals surface area contributed by atoms with Crippen LogP contribution in [0.4, 0.5) is 5.69 Å². The highest BCUT2D eigenvalue weighted by Gasteiger charge is 2.08. The summed E-state index contributed by atoms with van der Waals surface area (Å²) in [5, 5.41) is 3.31. The maximum absolute atomic E-state index is 3.95. The quantitative estimate of drug-likeness (QED) is 0.552. The average molecular weight is 145 g/mol. The molecule has 1 aromatic carbocycles. The summed E-state index contributed by atoms with van der Waals surface area (Å²) >= 11 is 0. The lowest BCUT2D eigenvalue weighted by Gasteiger charge is -2.19. The molecule has 1 N–H and O–H groups in total. The van der Waals surface area contributed by atoms with Crippen molar-refractivity contribution in [1.29, 1.82) is 0 Å². The first-order chi connectivity index (χ1) is 5.36. The molecule has 0 spiro atoms. The van der Waals surface area contributed by atoms with Gasteiger partial charge in [0.25, 0.3) is 0 Å². The van der Waals surface area contributed by atoms with Gasteiger partial charge in [-0.25, -0.2) is 0 Å². The van der Waals surface area contributed by atoms with E-state index in [0.29, 0.717) is 0 Å². The van der Waals surface area contributed by atoms with Crippen LogP contribution in [0.5, 0.6) is 0 Å². The van der Waals surface area contributed by atoms with Gasteiger partial charge in [0.1, 0.15) is 0 Å². The highest BCUT2D eigenvalue weighted by molar-refractivity contribution is 5.55. The smallest absolute Gasteiger partial charge is 0.0378 e. The molecule has 0 aromatic heterocycles. The van der Waals surface area contributed by atoms with E-state index in [1.165, 1.54) is 16.8 Å². The lowest BCUT2D eigenvalue weighted by atomic mass is 10.0. The zero-order chi connectivity index (χ0) is 7.68. The number of fused-ring (bicyclic) bond motifs is 1. The highest BCUT2D eigenvalue weighted by Crippen LogP contribution is 2.22. The van der Waals surface area contributed by atoms with Crippen molar-refractivity contribution in [3.05, 3.63) is 42.0 Å². The molecule has 0 unspecified atom stereocenters. The molecule has 2 rings (SSSR count). The molecule has 11 heavy (non-hydrogen) atoms. The summed E-state index contributed by atoms with van der Waals surface area (Å²) in [4.78, 5) is 0. The van der Waals surface area contributed by atoms with E-state index >= 15 is 0 Å². The van der Waals surface area contributed by atoms with Crippen LogP contribution in [0, 0.1) is 0 Å². The Bertz CT molecular complexity index is 289. The lowest BCUT2D eigenvalue weighted by Crippen LogP contribution is -2.13. The van der Waals surface area contributed by atoms with Crippen molar-refractivity contribution in [2.45, 2.75) is 6.42 Å². The van der Waals surface area contributed by atoms with E-state index in [-0.39, 0.29) is 0 Å². The van der Waals surface area contributed by atoms with E-state index < -0.39 is 0 Å². The highest BCUT2D eigenvalue weighted by atomic mass is 14.9. The average Bonchev–Trinajstić information content (AvgIpc) is 2.04. The minimum absolute atomic E-state index is 0.928. The summed E-state index contributed by atoms with van der Waals surface area (Å²) in [6.07, 6.45) is 1.03. The van der Waals surface area contributed by atoms with Crippen LogP contribution >= 0.6 is 0 Å². The van der Waals surface area contributed by atoms with E-state index in [2.05, 4.69) is 36.2 Å². The first-order valence-corrected chi connectivity index (χ1v) is 3.85. The zero-order valence-corrected chi connectivity index (χ0v) is 6.43. The maximum atomic E-state index is 3.95. The van der Waals surface area contributed by atoms with Crippen molar-refractivity contribution in [1.82, 2.24) is 0 Å². The summed E-state index contributed by atoms with van der Waals surface area (Å²) < 4.78 is 0. The fraction of sp³-hybridized carbons (Fsp3) is 0.200. The van der Waals surface area contributed by atoms with Gasteiger partial charge >= 0.3 is 0 Å². The number of para-hydroxylation sites is 1. The summed E-state index contributed by atoms with van der Waals surface area (Å²) in [5.74, 6) is 0. The van der Waals surface area contributed by atoms with E-state index in [9.17, 15) is 0 Å². The largest absolute Gasteiger partial charge is 0.381 e. The van der Waals surface area contributed by atoms with Crippen LogP contribution in [-0.4, -0.2) is 6.54 Å². The molecule has 1 aliphatic heterocycles. The molecule has 0 amide bonds. The summed E-state index contributed by atoms with van der Waals surface area (Å²) in [7, 11) is 0. The molecule has 1 aliphatic rings. The van der Waals surface area contributed by atoms with E-state index in [1.807, 2.05) is 0 Å². The Morgan fingerprint density at radius 1 is 1.27 bits per heavy atom. The first kappa shape index (κ1) is 6.47. The van der Waals surface area contributed by atoms with Crippen LogP contribution in [0.15, 0.2) is 36.4 Å². The minimum Gasteiger partial charge on any atom is -0.381 e. The molecular formula is C10H11N. The number of nitrogens with one attached hydrogen (secondary N) is 1. The number of hydrogen-bond acceptors (Lipinski definition) is 1. The van der Waals surface area contributed by atoms with Crippen LogP contribution < -0.4 is 5.32 Å². The number of benzene rings is 1. The molecule has 1 heteroatoms. The van der Waals surface area contributed by atoms with Crippen LogP contribution in [0.25, 0.3) is 0 Å². The van der Waals surface area contributed by atoms with Crippen molar-refractivity contribution < 1.29 is 0 Å². The third kappa shape index (κ3) is 1.14. The second kappa shape index (κ2) is 2.42.